The molecule has 4 aromatic rings. The van der Waals surface area contributed by atoms with Gasteiger partial charge in [0, 0.05) is 47.4 Å². The predicted octanol–water partition coefficient (Wildman–Crippen LogP) is 3.67. The van der Waals surface area contributed by atoms with E-state index in [4.69, 9.17) is 4.74 Å². The average molecular weight is 431 g/mol. The van der Waals surface area contributed by atoms with E-state index < -0.39 is 6.10 Å². The van der Waals surface area contributed by atoms with Gasteiger partial charge < -0.3 is 15.2 Å². The molecule has 8 heteroatoms. The SMILES string of the molecule is CCC[C@H](O)c1cc(C)c(-c2cc3cnc(NC(=O)C4COC4)cc3n3ccnc23)cn1. The summed E-state index contributed by atoms with van der Waals surface area (Å²) in [7, 11) is 0. The lowest BCUT2D eigenvalue weighted by molar-refractivity contribution is -0.133. The molecule has 1 fully saturated rings. The highest BCUT2D eigenvalue weighted by atomic mass is 16.5. The highest BCUT2D eigenvalue weighted by Crippen LogP contribution is 2.32. The number of imidazole rings is 1. The maximum absolute atomic E-state index is 12.3. The maximum Gasteiger partial charge on any atom is 0.233 e. The van der Waals surface area contributed by atoms with E-state index in [0.717, 1.165) is 39.7 Å². The van der Waals surface area contributed by atoms with Crippen LogP contribution in [0.1, 0.15) is 37.1 Å². The van der Waals surface area contributed by atoms with Crippen LogP contribution >= 0.6 is 0 Å². The van der Waals surface area contributed by atoms with Crippen molar-refractivity contribution in [2.75, 3.05) is 18.5 Å². The Hall–Kier alpha value is -3.36. The molecule has 5 rings (SSSR count). The fourth-order valence-corrected chi connectivity index (χ4v) is 4.04. The first-order chi connectivity index (χ1) is 15.5. The predicted molar refractivity (Wildman–Crippen MR) is 121 cm³/mol. The number of fused-ring (bicyclic) bond motifs is 3. The van der Waals surface area contributed by atoms with E-state index in [2.05, 4.69) is 20.3 Å². The van der Waals surface area contributed by atoms with Gasteiger partial charge in [0.2, 0.25) is 5.91 Å². The van der Waals surface area contributed by atoms with Crippen molar-refractivity contribution in [3.63, 3.8) is 0 Å². The molecule has 0 unspecified atom stereocenters. The van der Waals surface area contributed by atoms with Crippen LogP contribution in [0, 0.1) is 12.8 Å². The molecule has 8 nitrogen and oxygen atoms in total. The van der Waals surface area contributed by atoms with Crippen LogP contribution in [0.2, 0.25) is 0 Å². The summed E-state index contributed by atoms with van der Waals surface area (Å²) in [5.41, 5.74) is 5.30. The van der Waals surface area contributed by atoms with Gasteiger partial charge in [0.25, 0.3) is 0 Å². The Morgan fingerprint density at radius 3 is 2.78 bits per heavy atom. The number of pyridine rings is 3. The summed E-state index contributed by atoms with van der Waals surface area (Å²) in [6, 6.07) is 5.85. The third kappa shape index (κ3) is 3.61. The van der Waals surface area contributed by atoms with Crippen molar-refractivity contribution in [1.29, 1.82) is 0 Å². The minimum absolute atomic E-state index is 0.0753. The highest BCUT2D eigenvalue weighted by molar-refractivity contribution is 5.96. The number of aromatic nitrogens is 4. The van der Waals surface area contributed by atoms with Crippen molar-refractivity contribution < 1.29 is 14.6 Å². The van der Waals surface area contributed by atoms with Gasteiger partial charge in [-0.3, -0.25) is 14.2 Å². The lowest BCUT2D eigenvalue weighted by Gasteiger charge is -2.24. The minimum atomic E-state index is -0.555. The number of hydrogen-bond acceptors (Lipinski definition) is 6. The van der Waals surface area contributed by atoms with E-state index in [1.807, 2.05) is 48.8 Å². The number of aliphatic hydroxyl groups is 1. The molecular weight excluding hydrogens is 406 g/mol. The largest absolute Gasteiger partial charge is 0.387 e. The van der Waals surface area contributed by atoms with E-state index in [1.54, 1.807) is 12.4 Å². The third-order valence-electron chi connectivity index (χ3n) is 5.94. The number of carbonyl (C=O) groups is 1. The number of ether oxygens (including phenoxy) is 1. The van der Waals surface area contributed by atoms with Gasteiger partial charge in [-0.1, -0.05) is 13.3 Å². The van der Waals surface area contributed by atoms with Gasteiger partial charge in [0.1, 0.15) is 11.5 Å². The van der Waals surface area contributed by atoms with Gasteiger partial charge in [-0.25, -0.2) is 9.97 Å². The van der Waals surface area contributed by atoms with Gasteiger partial charge in [0.05, 0.1) is 36.4 Å². The smallest absolute Gasteiger partial charge is 0.233 e. The minimum Gasteiger partial charge on any atom is -0.387 e. The molecule has 0 aromatic carbocycles. The Kier molecular flexibility index (Phi) is 5.32. The number of aryl methyl sites for hydroxylation is 1. The summed E-state index contributed by atoms with van der Waals surface area (Å²) < 4.78 is 7.09. The zero-order valence-electron chi connectivity index (χ0n) is 18.1. The Morgan fingerprint density at radius 1 is 1.22 bits per heavy atom. The van der Waals surface area contributed by atoms with E-state index in [9.17, 15) is 9.90 Å². The van der Waals surface area contributed by atoms with Crippen LogP contribution in [0.4, 0.5) is 5.82 Å². The number of amides is 1. The molecule has 5 heterocycles. The number of hydrogen-bond donors (Lipinski definition) is 2. The monoisotopic (exact) mass is 431 g/mol. The van der Waals surface area contributed by atoms with E-state index in [0.29, 0.717) is 31.1 Å². The summed E-state index contributed by atoms with van der Waals surface area (Å²) in [5.74, 6) is 0.315. The molecule has 1 saturated heterocycles. The van der Waals surface area contributed by atoms with Crippen molar-refractivity contribution in [1.82, 2.24) is 19.4 Å². The van der Waals surface area contributed by atoms with Gasteiger partial charge in [0.15, 0.2) is 0 Å². The van der Waals surface area contributed by atoms with Crippen LogP contribution in [0.15, 0.2) is 43.0 Å². The molecule has 1 atom stereocenters. The van der Waals surface area contributed by atoms with E-state index in [-0.39, 0.29) is 11.8 Å². The molecule has 32 heavy (non-hydrogen) atoms. The second kappa shape index (κ2) is 8.29. The molecule has 164 valence electrons. The van der Waals surface area contributed by atoms with E-state index in [1.165, 1.54) is 0 Å². The van der Waals surface area contributed by atoms with Crippen LogP contribution in [-0.2, 0) is 9.53 Å². The van der Waals surface area contributed by atoms with Crippen LogP contribution in [0.5, 0.6) is 0 Å². The Balaban J connectivity index is 1.55. The fourth-order valence-electron chi connectivity index (χ4n) is 4.04. The van der Waals surface area contributed by atoms with Crippen LogP contribution in [0.25, 0.3) is 27.7 Å². The zero-order chi connectivity index (χ0) is 22.2. The van der Waals surface area contributed by atoms with Crippen molar-refractivity contribution in [2.24, 2.45) is 5.92 Å². The summed E-state index contributed by atoms with van der Waals surface area (Å²) >= 11 is 0. The second-order valence-electron chi connectivity index (χ2n) is 8.26. The van der Waals surface area contributed by atoms with Gasteiger partial charge >= 0.3 is 0 Å². The number of carbonyl (C=O) groups excluding carboxylic acids is 1. The third-order valence-corrected chi connectivity index (χ3v) is 5.94. The number of anilines is 1. The number of aliphatic hydroxyl groups excluding tert-OH is 1. The first kappa shape index (κ1) is 20.5. The maximum atomic E-state index is 12.3. The molecule has 4 aromatic heterocycles. The number of rotatable bonds is 6. The molecule has 1 aliphatic heterocycles. The van der Waals surface area contributed by atoms with Gasteiger partial charge in [-0.05, 0) is 31.0 Å². The van der Waals surface area contributed by atoms with Crippen LogP contribution < -0.4 is 5.32 Å². The summed E-state index contributed by atoms with van der Waals surface area (Å²) in [5, 5.41) is 14.1. The Bertz CT molecular complexity index is 1310. The van der Waals surface area contributed by atoms with Gasteiger partial charge in [-0.2, -0.15) is 0 Å². The fraction of sp³-hybridized carbons (Fsp3) is 0.333. The normalized spacial score (nSPS) is 15.1. The average Bonchev–Trinajstić information content (AvgIpc) is 3.22. The molecule has 0 spiro atoms. The molecule has 0 bridgehead atoms. The summed E-state index contributed by atoms with van der Waals surface area (Å²) in [6.07, 6.45) is 8.24. The topological polar surface area (TPSA) is 102 Å². The lowest BCUT2D eigenvalue weighted by atomic mass is 10.00. The molecule has 1 aliphatic rings. The standard InChI is InChI=1S/C24H25N5O3/c1-3-4-21(30)19-7-14(2)18(11-26-19)17-8-15-10-27-22(28-24(31)16-12-32-13-16)9-20(15)29-6-5-25-23(17)29/h5-11,16,21,30H,3-4,12-13H2,1-2H3,(H,27,28,31)/t21-/m0/s1. The molecule has 0 aliphatic carbocycles. The van der Waals surface area contributed by atoms with Crippen molar-refractivity contribution in [2.45, 2.75) is 32.8 Å². The van der Waals surface area contributed by atoms with Gasteiger partial charge in [-0.15, -0.1) is 0 Å². The number of nitrogens with zero attached hydrogens (tertiary/aromatic N) is 4. The zero-order valence-corrected chi connectivity index (χ0v) is 18.1. The van der Waals surface area contributed by atoms with Crippen molar-refractivity contribution in [3.8, 4) is 11.1 Å². The lowest BCUT2D eigenvalue weighted by Crippen LogP contribution is -2.38. The Labute approximate surface area is 185 Å². The van der Waals surface area contributed by atoms with Crippen LogP contribution in [-0.4, -0.2) is 43.6 Å². The highest BCUT2D eigenvalue weighted by Gasteiger charge is 2.26. The summed E-state index contributed by atoms with van der Waals surface area (Å²) in [4.78, 5) is 25.8. The van der Waals surface area contributed by atoms with Crippen molar-refractivity contribution >= 4 is 28.3 Å². The second-order valence-corrected chi connectivity index (χ2v) is 8.26. The quantitative estimate of drug-likeness (QED) is 0.483. The molecular formula is C24H25N5O3. The van der Waals surface area contributed by atoms with Crippen LogP contribution in [0.3, 0.4) is 0 Å². The first-order valence-corrected chi connectivity index (χ1v) is 10.8. The molecule has 0 radical (unpaired) electrons. The number of nitrogens with one attached hydrogen (secondary N) is 1. The molecule has 0 saturated carbocycles. The van der Waals surface area contributed by atoms with Crippen molar-refractivity contribution in [3.05, 3.63) is 54.2 Å². The molecule has 2 N–H and O–H groups in total. The summed E-state index contributed by atoms with van der Waals surface area (Å²) in [6.45, 7) is 4.97. The molecule has 1 amide bonds. The Morgan fingerprint density at radius 2 is 2.06 bits per heavy atom. The van der Waals surface area contributed by atoms with E-state index >= 15 is 0 Å². The first-order valence-electron chi connectivity index (χ1n) is 10.8.